The van der Waals surface area contributed by atoms with Gasteiger partial charge in [-0.1, -0.05) is 37.3 Å². The van der Waals surface area contributed by atoms with Crippen molar-refractivity contribution in [2.45, 2.75) is 40.2 Å². The fraction of sp³-hybridized carbons (Fsp3) is 0.600. The number of piperidine rings is 1. The van der Waals surface area contributed by atoms with Crippen LogP contribution in [0.15, 0.2) is 35.3 Å². The molecule has 0 spiro atoms. The number of carbonyl (C=O) groups excluding carboxylic acids is 1. The topological polar surface area (TPSA) is 47.9 Å². The van der Waals surface area contributed by atoms with E-state index in [1.807, 2.05) is 30.0 Å². The van der Waals surface area contributed by atoms with Gasteiger partial charge in [0.15, 0.2) is 5.96 Å². The van der Waals surface area contributed by atoms with Crippen molar-refractivity contribution in [3.05, 3.63) is 35.9 Å². The maximum Gasteiger partial charge on any atom is 0.244 e. The van der Waals surface area contributed by atoms with Crippen LogP contribution in [0, 0.1) is 5.92 Å². The largest absolute Gasteiger partial charge is 0.357 e. The number of hydrogen-bond acceptors (Lipinski definition) is 2. The number of nitrogens with one attached hydrogen (secondary N) is 1. The molecule has 1 amide bonds. The van der Waals surface area contributed by atoms with E-state index in [-0.39, 0.29) is 12.5 Å². The van der Waals surface area contributed by atoms with E-state index < -0.39 is 0 Å². The number of aliphatic imine (C=N–C) groups is 1. The molecule has 0 aromatic heterocycles. The molecule has 138 valence electrons. The molecule has 0 radical (unpaired) electrons. The Balaban J connectivity index is 1.98. The molecule has 1 atom stereocenters. The zero-order valence-corrected chi connectivity index (χ0v) is 15.9. The molecule has 1 heterocycles. The van der Waals surface area contributed by atoms with Crippen molar-refractivity contribution in [3.8, 4) is 0 Å². The van der Waals surface area contributed by atoms with Gasteiger partial charge in [0.25, 0.3) is 0 Å². The molecule has 25 heavy (non-hydrogen) atoms. The maximum absolute atomic E-state index is 12.6. The Kier molecular flexibility index (Phi) is 7.76. The fourth-order valence-electron chi connectivity index (χ4n) is 3.23. The van der Waals surface area contributed by atoms with Gasteiger partial charge in [-0.2, -0.15) is 0 Å². The highest BCUT2D eigenvalue weighted by atomic mass is 16.2. The number of guanidine groups is 1. The summed E-state index contributed by atoms with van der Waals surface area (Å²) < 4.78 is 0. The average Bonchev–Trinajstić information content (AvgIpc) is 2.63. The minimum atomic E-state index is 0.0758. The Bertz CT molecular complexity index is 558. The highest BCUT2D eigenvalue weighted by Gasteiger charge is 2.20. The van der Waals surface area contributed by atoms with Crippen LogP contribution in [0.4, 0.5) is 0 Å². The van der Waals surface area contributed by atoms with E-state index in [0.29, 0.717) is 19.0 Å². The third-order valence-electron chi connectivity index (χ3n) is 4.61. The number of amides is 1. The number of nitrogens with zero attached hydrogens (tertiary/aromatic N) is 3. The molecule has 1 fully saturated rings. The second kappa shape index (κ2) is 10.1. The SMILES string of the molecule is CCNC(=NCC(=O)N(CC)Cc1ccccc1)N1CCCC(C)C1. The number of hydrogen-bond donors (Lipinski definition) is 1. The lowest BCUT2D eigenvalue weighted by Gasteiger charge is -2.33. The summed E-state index contributed by atoms with van der Waals surface area (Å²) in [5.74, 6) is 1.63. The van der Waals surface area contributed by atoms with Gasteiger partial charge in [-0.25, -0.2) is 4.99 Å². The van der Waals surface area contributed by atoms with E-state index in [1.165, 1.54) is 12.8 Å². The van der Waals surface area contributed by atoms with Crippen molar-refractivity contribution in [1.82, 2.24) is 15.1 Å². The van der Waals surface area contributed by atoms with Crippen molar-refractivity contribution < 1.29 is 4.79 Å². The second-order valence-corrected chi connectivity index (χ2v) is 6.76. The van der Waals surface area contributed by atoms with Crippen LogP contribution in [-0.2, 0) is 11.3 Å². The smallest absolute Gasteiger partial charge is 0.244 e. The number of likely N-dealkylation sites (N-methyl/N-ethyl adjacent to an activating group) is 1. The van der Waals surface area contributed by atoms with Gasteiger partial charge in [-0.05, 0) is 38.2 Å². The number of likely N-dealkylation sites (tertiary alicyclic amines) is 1. The van der Waals surface area contributed by atoms with Crippen LogP contribution in [0.5, 0.6) is 0 Å². The molecule has 5 nitrogen and oxygen atoms in total. The van der Waals surface area contributed by atoms with E-state index in [9.17, 15) is 4.79 Å². The summed E-state index contributed by atoms with van der Waals surface area (Å²) in [4.78, 5) is 21.4. The quantitative estimate of drug-likeness (QED) is 0.638. The minimum Gasteiger partial charge on any atom is -0.357 e. The van der Waals surface area contributed by atoms with Crippen LogP contribution in [0.1, 0.15) is 39.2 Å². The first kappa shape index (κ1) is 19.3. The maximum atomic E-state index is 12.6. The molecule has 1 aromatic rings. The highest BCUT2D eigenvalue weighted by Crippen LogP contribution is 2.15. The second-order valence-electron chi connectivity index (χ2n) is 6.76. The van der Waals surface area contributed by atoms with Crippen LogP contribution in [-0.4, -0.2) is 54.4 Å². The monoisotopic (exact) mass is 344 g/mol. The van der Waals surface area contributed by atoms with E-state index in [2.05, 4.69) is 41.2 Å². The molecule has 2 rings (SSSR count). The molecular weight excluding hydrogens is 312 g/mol. The van der Waals surface area contributed by atoms with Crippen LogP contribution in [0.2, 0.25) is 0 Å². The summed E-state index contributed by atoms with van der Waals surface area (Å²) in [5, 5.41) is 3.34. The van der Waals surface area contributed by atoms with Crippen LogP contribution < -0.4 is 5.32 Å². The molecule has 1 aromatic carbocycles. The van der Waals surface area contributed by atoms with Crippen LogP contribution in [0.25, 0.3) is 0 Å². The Hall–Kier alpha value is -2.04. The first-order valence-corrected chi connectivity index (χ1v) is 9.49. The average molecular weight is 345 g/mol. The molecule has 0 saturated carbocycles. The normalized spacial score (nSPS) is 18.1. The summed E-state index contributed by atoms with van der Waals surface area (Å²) in [5.41, 5.74) is 1.15. The zero-order valence-electron chi connectivity index (χ0n) is 15.9. The molecule has 1 unspecified atom stereocenters. The van der Waals surface area contributed by atoms with E-state index >= 15 is 0 Å². The molecule has 0 bridgehead atoms. The first-order chi connectivity index (χ1) is 12.1. The van der Waals surface area contributed by atoms with Crippen molar-refractivity contribution in [2.75, 3.05) is 32.7 Å². The Morgan fingerprint density at radius 2 is 2.08 bits per heavy atom. The lowest BCUT2D eigenvalue weighted by Crippen LogP contribution is -2.46. The summed E-state index contributed by atoms with van der Waals surface area (Å²) in [6, 6.07) is 10.1. The van der Waals surface area contributed by atoms with Crippen molar-refractivity contribution in [3.63, 3.8) is 0 Å². The van der Waals surface area contributed by atoms with E-state index in [0.717, 1.165) is 31.2 Å². The molecule has 1 N–H and O–H groups in total. The third kappa shape index (κ3) is 6.07. The third-order valence-corrected chi connectivity index (χ3v) is 4.61. The molecule has 1 aliphatic rings. The van der Waals surface area contributed by atoms with Gasteiger partial charge >= 0.3 is 0 Å². The molecule has 0 aliphatic carbocycles. The molecule has 5 heteroatoms. The lowest BCUT2D eigenvalue weighted by molar-refractivity contribution is -0.130. The summed E-state index contributed by atoms with van der Waals surface area (Å²) in [6.07, 6.45) is 2.46. The van der Waals surface area contributed by atoms with Gasteiger partial charge in [0.05, 0.1) is 0 Å². The number of rotatable bonds is 6. The summed E-state index contributed by atoms with van der Waals surface area (Å²) in [7, 11) is 0. The van der Waals surface area contributed by atoms with Gasteiger partial charge in [0.2, 0.25) is 5.91 Å². The predicted molar refractivity (Wildman–Crippen MR) is 103 cm³/mol. The van der Waals surface area contributed by atoms with Crippen LogP contribution in [0.3, 0.4) is 0 Å². The Morgan fingerprint density at radius 3 is 2.72 bits per heavy atom. The number of carbonyl (C=O) groups is 1. The highest BCUT2D eigenvalue weighted by molar-refractivity contribution is 5.85. The van der Waals surface area contributed by atoms with Gasteiger partial charge in [-0.3, -0.25) is 4.79 Å². The molecule has 1 aliphatic heterocycles. The Labute approximate surface area is 152 Å². The van der Waals surface area contributed by atoms with Gasteiger partial charge in [0.1, 0.15) is 6.54 Å². The van der Waals surface area contributed by atoms with Crippen molar-refractivity contribution >= 4 is 11.9 Å². The van der Waals surface area contributed by atoms with Crippen molar-refractivity contribution in [2.24, 2.45) is 10.9 Å². The number of benzene rings is 1. The minimum absolute atomic E-state index is 0.0758. The van der Waals surface area contributed by atoms with Gasteiger partial charge in [-0.15, -0.1) is 0 Å². The van der Waals surface area contributed by atoms with E-state index in [4.69, 9.17) is 0 Å². The zero-order chi connectivity index (χ0) is 18.1. The lowest BCUT2D eigenvalue weighted by atomic mass is 10.0. The fourth-order valence-corrected chi connectivity index (χ4v) is 3.23. The van der Waals surface area contributed by atoms with E-state index in [1.54, 1.807) is 0 Å². The summed E-state index contributed by atoms with van der Waals surface area (Å²) in [6.45, 7) is 10.8. The summed E-state index contributed by atoms with van der Waals surface area (Å²) >= 11 is 0. The van der Waals surface area contributed by atoms with Gasteiger partial charge in [0, 0.05) is 32.7 Å². The van der Waals surface area contributed by atoms with Gasteiger partial charge < -0.3 is 15.1 Å². The predicted octanol–water partition coefficient (Wildman–Crippen LogP) is 2.73. The molecule has 1 saturated heterocycles. The first-order valence-electron chi connectivity index (χ1n) is 9.49. The Morgan fingerprint density at radius 1 is 1.32 bits per heavy atom. The molecular formula is C20H32N4O. The standard InChI is InChI=1S/C20H32N4O/c1-4-21-20(24-13-9-10-17(3)15-24)22-14-19(25)23(5-2)16-18-11-7-6-8-12-18/h6-8,11-12,17H,4-5,9-10,13-16H2,1-3H3,(H,21,22). The van der Waals surface area contributed by atoms with Crippen LogP contribution >= 0.6 is 0 Å². The van der Waals surface area contributed by atoms with Crippen molar-refractivity contribution in [1.29, 1.82) is 0 Å².